The van der Waals surface area contributed by atoms with Crippen molar-refractivity contribution in [2.24, 2.45) is 17.1 Å². The third-order valence-corrected chi connectivity index (χ3v) is 5.02. The van der Waals surface area contributed by atoms with Crippen molar-refractivity contribution in [3.63, 3.8) is 0 Å². The molecule has 0 bridgehead atoms. The van der Waals surface area contributed by atoms with E-state index in [2.05, 4.69) is 18.7 Å². The zero-order valence-corrected chi connectivity index (χ0v) is 11.2. The number of amides is 1. The van der Waals surface area contributed by atoms with Gasteiger partial charge in [0.1, 0.15) is 0 Å². The predicted molar refractivity (Wildman–Crippen MR) is 69.5 cm³/mol. The molecule has 0 radical (unpaired) electrons. The van der Waals surface area contributed by atoms with Gasteiger partial charge >= 0.3 is 0 Å². The molecule has 2 atom stereocenters. The van der Waals surface area contributed by atoms with Crippen LogP contribution in [-0.4, -0.2) is 29.9 Å². The first-order chi connectivity index (χ1) is 8.06. The number of carbonyl (C=O) groups excluding carboxylic acids is 1. The first-order valence-electron chi connectivity index (χ1n) is 7.10. The van der Waals surface area contributed by atoms with E-state index in [0.29, 0.717) is 11.3 Å². The molecule has 3 heteroatoms. The van der Waals surface area contributed by atoms with Gasteiger partial charge in [0.05, 0.1) is 5.92 Å². The summed E-state index contributed by atoms with van der Waals surface area (Å²) in [6.07, 6.45) is 6.67. The topological polar surface area (TPSA) is 46.3 Å². The highest BCUT2D eigenvalue weighted by molar-refractivity contribution is 5.80. The van der Waals surface area contributed by atoms with E-state index < -0.39 is 0 Å². The summed E-state index contributed by atoms with van der Waals surface area (Å²) >= 11 is 0. The monoisotopic (exact) mass is 238 g/mol. The number of hydrogen-bond donors (Lipinski definition) is 1. The Bertz CT molecular complexity index is 282. The maximum Gasteiger partial charge on any atom is 0.227 e. The Hall–Kier alpha value is -0.570. The minimum atomic E-state index is 0.112. The van der Waals surface area contributed by atoms with E-state index in [0.717, 1.165) is 45.2 Å². The third-order valence-electron chi connectivity index (χ3n) is 5.02. The molecule has 1 saturated carbocycles. The zero-order chi connectivity index (χ0) is 12.5. The average molecular weight is 238 g/mol. The van der Waals surface area contributed by atoms with Gasteiger partial charge in [0.25, 0.3) is 0 Å². The second-order valence-corrected chi connectivity index (χ2v) is 6.19. The summed E-state index contributed by atoms with van der Waals surface area (Å²) in [4.78, 5) is 14.4. The standard InChI is InChI=1S/C14H26N2O/c1-3-14(2)7-9-16(10-8-14)13(17)11-5-4-6-12(11)15/h11-12H,3-10,15H2,1-2H3. The molecule has 1 amide bonds. The number of nitrogens with zero attached hydrogens (tertiary/aromatic N) is 1. The van der Waals surface area contributed by atoms with E-state index in [1.54, 1.807) is 0 Å². The first-order valence-corrected chi connectivity index (χ1v) is 7.10. The van der Waals surface area contributed by atoms with Crippen molar-refractivity contribution in [1.82, 2.24) is 4.90 Å². The molecule has 2 rings (SSSR count). The van der Waals surface area contributed by atoms with Gasteiger partial charge in [0.2, 0.25) is 5.91 Å². The third kappa shape index (κ3) is 2.65. The lowest BCUT2D eigenvalue weighted by Gasteiger charge is -2.40. The minimum Gasteiger partial charge on any atom is -0.342 e. The highest BCUT2D eigenvalue weighted by Crippen LogP contribution is 2.35. The summed E-state index contributed by atoms with van der Waals surface area (Å²) in [6, 6.07) is 0.113. The van der Waals surface area contributed by atoms with Gasteiger partial charge in [-0.05, 0) is 31.1 Å². The Morgan fingerprint density at radius 1 is 1.35 bits per heavy atom. The van der Waals surface area contributed by atoms with E-state index in [1.165, 1.54) is 6.42 Å². The van der Waals surface area contributed by atoms with Crippen molar-refractivity contribution in [3.05, 3.63) is 0 Å². The second kappa shape index (κ2) is 4.97. The molecule has 98 valence electrons. The molecule has 2 aliphatic rings. The first kappa shape index (κ1) is 12.9. The van der Waals surface area contributed by atoms with E-state index in [9.17, 15) is 4.79 Å². The molecule has 2 N–H and O–H groups in total. The van der Waals surface area contributed by atoms with Crippen LogP contribution in [0.3, 0.4) is 0 Å². The Morgan fingerprint density at radius 2 is 2.00 bits per heavy atom. The van der Waals surface area contributed by atoms with Crippen LogP contribution in [0.25, 0.3) is 0 Å². The minimum absolute atomic E-state index is 0.112. The Labute approximate surface area is 105 Å². The van der Waals surface area contributed by atoms with Crippen LogP contribution < -0.4 is 5.73 Å². The molecule has 0 spiro atoms. The van der Waals surface area contributed by atoms with Crippen molar-refractivity contribution in [3.8, 4) is 0 Å². The molecular weight excluding hydrogens is 212 g/mol. The maximum atomic E-state index is 12.4. The number of rotatable bonds is 2. The maximum absolute atomic E-state index is 12.4. The summed E-state index contributed by atoms with van der Waals surface area (Å²) in [5, 5.41) is 0. The molecular formula is C14H26N2O. The van der Waals surface area contributed by atoms with Gasteiger partial charge in [0, 0.05) is 19.1 Å². The van der Waals surface area contributed by atoms with Crippen LogP contribution in [0.15, 0.2) is 0 Å². The Morgan fingerprint density at radius 3 is 2.47 bits per heavy atom. The van der Waals surface area contributed by atoms with Crippen molar-refractivity contribution < 1.29 is 4.79 Å². The summed E-state index contributed by atoms with van der Waals surface area (Å²) in [7, 11) is 0. The van der Waals surface area contributed by atoms with Crippen LogP contribution in [-0.2, 0) is 4.79 Å². The van der Waals surface area contributed by atoms with E-state index in [-0.39, 0.29) is 12.0 Å². The van der Waals surface area contributed by atoms with Crippen molar-refractivity contribution in [1.29, 1.82) is 0 Å². The highest BCUT2D eigenvalue weighted by atomic mass is 16.2. The molecule has 0 aromatic rings. The molecule has 2 unspecified atom stereocenters. The Balaban J connectivity index is 1.90. The fraction of sp³-hybridized carbons (Fsp3) is 0.929. The molecule has 1 aliphatic heterocycles. The number of piperidine rings is 1. The molecule has 1 heterocycles. The number of likely N-dealkylation sites (tertiary alicyclic amines) is 1. The van der Waals surface area contributed by atoms with Gasteiger partial charge in [-0.2, -0.15) is 0 Å². The lowest BCUT2D eigenvalue weighted by Crippen LogP contribution is -2.47. The fourth-order valence-corrected chi connectivity index (χ4v) is 3.15. The quantitative estimate of drug-likeness (QED) is 0.801. The Kier molecular flexibility index (Phi) is 3.76. The van der Waals surface area contributed by atoms with Crippen molar-refractivity contribution in [2.45, 2.75) is 58.4 Å². The van der Waals surface area contributed by atoms with E-state index in [1.807, 2.05) is 0 Å². The van der Waals surface area contributed by atoms with E-state index in [4.69, 9.17) is 5.73 Å². The normalized spacial score (nSPS) is 32.8. The molecule has 3 nitrogen and oxygen atoms in total. The summed E-state index contributed by atoms with van der Waals surface area (Å²) in [5.74, 6) is 0.439. The van der Waals surface area contributed by atoms with Gasteiger partial charge in [-0.25, -0.2) is 0 Å². The van der Waals surface area contributed by atoms with Crippen molar-refractivity contribution >= 4 is 5.91 Å². The van der Waals surface area contributed by atoms with Crippen LogP contribution in [0.4, 0.5) is 0 Å². The average Bonchev–Trinajstić information content (AvgIpc) is 2.76. The number of nitrogens with two attached hydrogens (primary N) is 1. The van der Waals surface area contributed by atoms with Gasteiger partial charge in [-0.15, -0.1) is 0 Å². The van der Waals surface area contributed by atoms with Gasteiger partial charge in [-0.1, -0.05) is 26.7 Å². The van der Waals surface area contributed by atoms with Crippen LogP contribution in [0, 0.1) is 11.3 Å². The van der Waals surface area contributed by atoms with Gasteiger partial charge in [0.15, 0.2) is 0 Å². The SMILES string of the molecule is CCC1(C)CCN(C(=O)C2CCCC2N)CC1. The van der Waals surface area contributed by atoms with Gasteiger partial charge < -0.3 is 10.6 Å². The van der Waals surface area contributed by atoms with Crippen LogP contribution in [0.1, 0.15) is 52.4 Å². The molecule has 2 fully saturated rings. The smallest absolute Gasteiger partial charge is 0.227 e. The number of carbonyl (C=O) groups is 1. The van der Waals surface area contributed by atoms with Crippen LogP contribution in [0.5, 0.6) is 0 Å². The molecule has 0 aromatic carbocycles. The zero-order valence-electron chi connectivity index (χ0n) is 11.2. The van der Waals surface area contributed by atoms with Crippen LogP contribution in [0.2, 0.25) is 0 Å². The largest absolute Gasteiger partial charge is 0.342 e. The lowest BCUT2D eigenvalue weighted by molar-refractivity contribution is -0.138. The summed E-state index contributed by atoms with van der Waals surface area (Å²) in [6.45, 7) is 6.47. The molecule has 1 saturated heterocycles. The fourth-order valence-electron chi connectivity index (χ4n) is 3.15. The highest BCUT2D eigenvalue weighted by Gasteiger charge is 2.36. The molecule has 0 aromatic heterocycles. The lowest BCUT2D eigenvalue weighted by atomic mass is 9.78. The number of hydrogen-bond acceptors (Lipinski definition) is 2. The van der Waals surface area contributed by atoms with Crippen LogP contribution >= 0.6 is 0 Å². The summed E-state index contributed by atoms with van der Waals surface area (Å²) in [5.41, 5.74) is 6.47. The predicted octanol–water partition coefficient (Wildman–Crippen LogP) is 2.15. The summed E-state index contributed by atoms with van der Waals surface area (Å²) < 4.78 is 0. The molecule has 1 aliphatic carbocycles. The second-order valence-electron chi connectivity index (χ2n) is 6.19. The van der Waals surface area contributed by atoms with E-state index >= 15 is 0 Å². The molecule has 17 heavy (non-hydrogen) atoms. The van der Waals surface area contributed by atoms with Crippen molar-refractivity contribution in [2.75, 3.05) is 13.1 Å². The van der Waals surface area contributed by atoms with Gasteiger partial charge in [-0.3, -0.25) is 4.79 Å².